The normalized spacial score (nSPS) is 25.2. The van der Waals surface area contributed by atoms with Crippen molar-refractivity contribution in [3.8, 4) is 0 Å². The molecule has 0 spiro atoms. The summed E-state index contributed by atoms with van der Waals surface area (Å²) in [4.78, 5) is 61.2. The van der Waals surface area contributed by atoms with Gasteiger partial charge in [-0.2, -0.15) is 4.48 Å². The molecule has 1 unspecified atom stereocenters. The smallest absolute Gasteiger partial charge is 0.434 e. The van der Waals surface area contributed by atoms with Crippen LogP contribution in [0.3, 0.4) is 0 Å². The van der Waals surface area contributed by atoms with Crippen molar-refractivity contribution in [3.05, 3.63) is 0 Å². The average molecular weight is 413 g/mol. The van der Waals surface area contributed by atoms with Gasteiger partial charge in [-0.25, -0.2) is 24.8 Å². The molecule has 2 rings (SSSR count). The van der Waals surface area contributed by atoms with Crippen molar-refractivity contribution < 1.29 is 38.4 Å². The molecular weight excluding hydrogens is 384 g/mol. The minimum atomic E-state index is -1.14. The van der Waals surface area contributed by atoms with Gasteiger partial charge in [0.2, 0.25) is 6.41 Å². The van der Waals surface area contributed by atoms with E-state index in [0.29, 0.717) is 17.9 Å². The number of nitrogens with one attached hydrogen (secondary N) is 1. The van der Waals surface area contributed by atoms with Gasteiger partial charge in [0.05, 0.1) is 26.1 Å². The van der Waals surface area contributed by atoms with Crippen molar-refractivity contribution in [3.63, 3.8) is 0 Å². The Morgan fingerprint density at radius 1 is 1.24 bits per heavy atom. The van der Waals surface area contributed by atoms with Gasteiger partial charge >= 0.3 is 18.0 Å². The van der Waals surface area contributed by atoms with Crippen LogP contribution < -0.4 is 11.1 Å². The molecule has 2 fully saturated rings. The Morgan fingerprint density at radius 2 is 1.90 bits per heavy atom. The molecular formula is C18H29N4O7+. The van der Waals surface area contributed by atoms with E-state index in [0.717, 1.165) is 32.8 Å². The van der Waals surface area contributed by atoms with E-state index in [1.54, 1.807) is 0 Å². The van der Waals surface area contributed by atoms with Crippen molar-refractivity contribution in [2.45, 2.75) is 51.0 Å². The highest BCUT2D eigenvalue weighted by molar-refractivity contribution is 5.96. The number of ether oxygens (including phenoxy) is 1. The SMILES string of the molecule is COC(=O)NC(=O)[N+]1(C(=O)[C@H](CC2CCCC2)CN(O)C=O)CCC[C@H]1C(N)=O. The van der Waals surface area contributed by atoms with Crippen molar-refractivity contribution >= 4 is 30.3 Å². The molecule has 162 valence electrons. The second kappa shape index (κ2) is 9.79. The quantitative estimate of drug-likeness (QED) is 0.237. The number of hydrogen-bond donors (Lipinski definition) is 3. The standard InChI is InChI=1S/C18H28N4O7/c1-29-18(27)20-17(26)22(8-4-7-14(22)15(19)24)16(25)13(10-21(28)11-23)9-12-5-2-3-6-12/h11-14,28H,2-10H2,1H3,(H2-,19,20,24,26,27)/p+1/t13-,14+,22?/m1/s1. The van der Waals surface area contributed by atoms with E-state index in [4.69, 9.17) is 5.73 Å². The van der Waals surface area contributed by atoms with Gasteiger partial charge in [0.15, 0.2) is 6.04 Å². The molecule has 1 saturated carbocycles. The maximum absolute atomic E-state index is 13.6. The lowest BCUT2D eigenvalue weighted by molar-refractivity contribution is -0.778. The number of amides is 6. The Labute approximate surface area is 168 Å². The highest BCUT2D eigenvalue weighted by Gasteiger charge is 2.59. The number of alkyl carbamates (subject to hydrolysis) is 1. The average Bonchev–Trinajstić information content (AvgIpc) is 3.36. The molecule has 2 aliphatic rings. The number of rotatable bonds is 7. The van der Waals surface area contributed by atoms with Gasteiger partial charge in [-0.15, -0.1) is 0 Å². The number of carbonyl (C=O) groups is 5. The molecule has 1 aliphatic heterocycles. The Hall–Kier alpha value is -2.53. The van der Waals surface area contributed by atoms with Gasteiger partial charge in [-0.3, -0.25) is 14.8 Å². The highest BCUT2D eigenvalue weighted by Crippen LogP contribution is 2.35. The first-order valence-electron chi connectivity index (χ1n) is 9.78. The third-order valence-electron chi connectivity index (χ3n) is 5.97. The Morgan fingerprint density at radius 3 is 2.45 bits per heavy atom. The molecule has 0 aromatic heterocycles. The predicted molar refractivity (Wildman–Crippen MR) is 97.9 cm³/mol. The second-order valence-corrected chi connectivity index (χ2v) is 7.72. The number of quaternary nitrogens is 1. The number of carbonyl (C=O) groups excluding carboxylic acids is 5. The lowest BCUT2D eigenvalue weighted by Crippen LogP contribution is -2.68. The number of likely N-dealkylation sites (tertiary alicyclic amines) is 1. The van der Waals surface area contributed by atoms with Crippen molar-refractivity contribution in [1.82, 2.24) is 10.4 Å². The van der Waals surface area contributed by atoms with E-state index in [-0.39, 0.29) is 31.8 Å². The number of methoxy groups -OCH3 is 1. The molecule has 6 amide bonds. The van der Waals surface area contributed by atoms with Crippen LogP contribution in [0.1, 0.15) is 44.9 Å². The zero-order valence-corrected chi connectivity index (χ0v) is 16.5. The van der Waals surface area contributed by atoms with Gasteiger partial charge in [0.1, 0.15) is 0 Å². The Kier molecular flexibility index (Phi) is 7.68. The monoisotopic (exact) mass is 413 g/mol. The summed E-state index contributed by atoms with van der Waals surface area (Å²) in [5, 5.41) is 12.1. The fourth-order valence-electron chi connectivity index (χ4n) is 4.61. The van der Waals surface area contributed by atoms with Gasteiger partial charge in [0.25, 0.3) is 5.91 Å². The van der Waals surface area contributed by atoms with Crippen LogP contribution in [0.25, 0.3) is 0 Å². The number of primary amides is 1. The van der Waals surface area contributed by atoms with Gasteiger partial charge < -0.3 is 10.5 Å². The summed E-state index contributed by atoms with van der Waals surface area (Å²) in [6.07, 6.45) is 3.93. The van der Waals surface area contributed by atoms with Crippen LogP contribution in [0, 0.1) is 11.8 Å². The molecule has 1 saturated heterocycles. The third-order valence-corrected chi connectivity index (χ3v) is 5.97. The van der Waals surface area contributed by atoms with E-state index < -0.39 is 40.4 Å². The number of nitrogens with two attached hydrogens (primary N) is 1. The summed E-state index contributed by atoms with van der Waals surface area (Å²) in [5.74, 6) is -2.15. The molecule has 0 radical (unpaired) electrons. The molecule has 29 heavy (non-hydrogen) atoms. The van der Waals surface area contributed by atoms with Crippen LogP contribution in [-0.4, -0.2) is 71.3 Å². The van der Waals surface area contributed by atoms with Crippen LogP contribution in [0.15, 0.2) is 0 Å². The number of imide groups is 2. The zero-order valence-electron chi connectivity index (χ0n) is 16.5. The molecule has 3 atom stereocenters. The van der Waals surface area contributed by atoms with Gasteiger partial charge in [0, 0.05) is 12.8 Å². The van der Waals surface area contributed by atoms with E-state index in [1.165, 1.54) is 0 Å². The lowest BCUT2D eigenvalue weighted by Gasteiger charge is -2.36. The fourth-order valence-corrected chi connectivity index (χ4v) is 4.61. The van der Waals surface area contributed by atoms with Gasteiger partial charge in [-0.05, 0) is 12.3 Å². The third kappa shape index (κ3) is 4.91. The van der Waals surface area contributed by atoms with Gasteiger partial charge in [-0.1, -0.05) is 25.7 Å². The van der Waals surface area contributed by atoms with E-state index in [2.05, 4.69) is 4.74 Å². The minimum absolute atomic E-state index is 0.0110. The van der Waals surface area contributed by atoms with Crippen LogP contribution >= 0.6 is 0 Å². The van der Waals surface area contributed by atoms with E-state index in [9.17, 15) is 29.2 Å². The summed E-state index contributed by atoms with van der Waals surface area (Å²) in [6, 6.07) is -2.13. The second-order valence-electron chi connectivity index (χ2n) is 7.72. The van der Waals surface area contributed by atoms with E-state index in [1.807, 2.05) is 5.32 Å². The number of urea groups is 1. The number of nitrogens with zero attached hydrogens (tertiary/aromatic N) is 2. The lowest BCUT2D eigenvalue weighted by atomic mass is 9.90. The summed E-state index contributed by atoms with van der Waals surface area (Å²) >= 11 is 0. The fraction of sp³-hybridized carbons (Fsp3) is 0.722. The van der Waals surface area contributed by atoms with Crippen LogP contribution in [-0.2, 0) is 19.1 Å². The first-order valence-corrected chi connectivity index (χ1v) is 9.78. The van der Waals surface area contributed by atoms with Crippen LogP contribution in [0.2, 0.25) is 0 Å². The summed E-state index contributed by atoms with van der Waals surface area (Å²) in [7, 11) is 1.07. The molecule has 0 aromatic rings. The molecule has 4 N–H and O–H groups in total. The molecule has 11 heteroatoms. The summed E-state index contributed by atoms with van der Waals surface area (Å²) in [5.41, 5.74) is 5.48. The van der Waals surface area contributed by atoms with Crippen LogP contribution in [0.5, 0.6) is 0 Å². The maximum atomic E-state index is 13.6. The minimum Gasteiger partial charge on any atom is -0.452 e. The number of hydrogen-bond acceptors (Lipinski definition) is 7. The zero-order chi connectivity index (χ0) is 21.6. The maximum Gasteiger partial charge on any atom is 0.434 e. The molecule has 0 bridgehead atoms. The molecule has 1 heterocycles. The first kappa shape index (κ1) is 22.8. The molecule has 1 aliphatic carbocycles. The summed E-state index contributed by atoms with van der Waals surface area (Å²) in [6.45, 7) is -0.321. The van der Waals surface area contributed by atoms with Crippen molar-refractivity contribution in [1.29, 1.82) is 0 Å². The van der Waals surface area contributed by atoms with Crippen molar-refractivity contribution in [2.24, 2.45) is 17.6 Å². The van der Waals surface area contributed by atoms with E-state index >= 15 is 0 Å². The molecule has 0 aromatic carbocycles. The highest BCUT2D eigenvalue weighted by atomic mass is 16.5. The topological polar surface area (TPSA) is 156 Å². The Bertz CT molecular complexity index is 665. The number of hydroxylamine groups is 2. The van der Waals surface area contributed by atoms with Crippen LogP contribution in [0.4, 0.5) is 9.59 Å². The predicted octanol–water partition coefficient (Wildman–Crippen LogP) is 0.498. The largest absolute Gasteiger partial charge is 0.452 e. The Balaban J connectivity index is 2.40. The summed E-state index contributed by atoms with van der Waals surface area (Å²) < 4.78 is 3.48. The first-order chi connectivity index (χ1) is 13.8. The molecule has 11 nitrogen and oxygen atoms in total. The van der Waals surface area contributed by atoms with Crippen molar-refractivity contribution in [2.75, 3.05) is 20.2 Å².